The summed E-state index contributed by atoms with van der Waals surface area (Å²) in [5.41, 5.74) is 8.58. The molecule has 14 heavy (non-hydrogen) atoms. The Bertz CT molecular complexity index is 462. The van der Waals surface area contributed by atoms with Crippen LogP contribution >= 0.6 is 11.6 Å². The Morgan fingerprint density at radius 1 is 1.36 bits per heavy atom. The molecule has 0 aliphatic heterocycles. The van der Waals surface area contributed by atoms with Crippen molar-refractivity contribution in [2.24, 2.45) is 0 Å². The number of H-pyrrole nitrogens is 1. The Morgan fingerprint density at radius 3 is 2.71 bits per heavy atom. The van der Waals surface area contributed by atoms with E-state index in [1.165, 1.54) is 0 Å². The van der Waals surface area contributed by atoms with Crippen LogP contribution in [-0.4, -0.2) is 10.2 Å². The Balaban J connectivity index is 2.58. The third kappa shape index (κ3) is 1.46. The fraction of sp³-hybridized carbons (Fsp3) is 0.100. The Kier molecular flexibility index (Phi) is 2.17. The number of aromatic amines is 1. The molecule has 0 amide bonds. The monoisotopic (exact) mass is 207 g/mol. The van der Waals surface area contributed by atoms with Crippen molar-refractivity contribution in [3.63, 3.8) is 0 Å². The third-order valence-electron chi connectivity index (χ3n) is 2.08. The van der Waals surface area contributed by atoms with Crippen LogP contribution in [0.5, 0.6) is 0 Å². The summed E-state index contributed by atoms with van der Waals surface area (Å²) < 4.78 is 0. The second kappa shape index (κ2) is 3.35. The van der Waals surface area contributed by atoms with Crippen molar-refractivity contribution in [2.75, 3.05) is 5.73 Å². The molecule has 0 aliphatic carbocycles. The van der Waals surface area contributed by atoms with Gasteiger partial charge >= 0.3 is 0 Å². The summed E-state index contributed by atoms with van der Waals surface area (Å²) in [5.74, 6) is 0.538. The first-order chi connectivity index (χ1) is 6.68. The van der Waals surface area contributed by atoms with E-state index in [1.807, 2.05) is 25.1 Å². The van der Waals surface area contributed by atoms with Crippen molar-refractivity contribution in [1.82, 2.24) is 10.2 Å². The van der Waals surface area contributed by atoms with Crippen molar-refractivity contribution in [3.05, 3.63) is 35.0 Å². The smallest absolute Gasteiger partial charge is 0.126 e. The van der Waals surface area contributed by atoms with Gasteiger partial charge in [-0.1, -0.05) is 23.7 Å². The minimum absolute atomic E-state index is 0.538. The number of aryl methyl sites for hydroxylation is 1. The van der Waals surface area contributed by atoms with Crippen LogP contribution in [0.25, 0.3) is 11.1 Å². The van der Waals surface area contributed by atoms with Crippen LogP contribution in [0.2, 0.25) is 5.02 Å². The summed E-state index contributed by atoms with van der Waals surface area (Å²) in [6.45, 7) is 1.99. The minimum atomic E-state index is 0.538. The molecule has 1 heterocycles. The molecule has 4 heteroatoms. The van der Waals surface area contributed by atoms with Crippen LogP contribution < -0.4 is 5.73 Å². The average molecular weight is 208 g/mol. The highest BCUT2D eigenvalue weighted by Gasteiger charge is 2.08. The number of nitrogens with two attached hydrogens (primary N) is 1. The molecule has 0 bridgehead atoms. The van der Waals surface area contributed by atoms with E-state index in [0.717, 1.165) is 16.7 Å². The van der Waals surface area contributed by atoms with E-state index in [1.54, 1.807) is 6.20 Å². The summed E-state index contributed by atoms with van der Waals surface area (Å²) >= 11 is 6.10. The number of benzene rings is 1. The first kappa shape index (κ1) is 9.09. The molecule has 0 saturated carbocycles. The van der Waals surface area contributed by atoms with Crippen molar-refractivity contribution in [3.8, 4) is 11.1 Å². The highest BCUT2D eigenvalue weighted by atomic mass is 35.5. The van der Waals surface area contributed by atoms with Gasteiger partial charge in [0.05, 0.1) is 6.20 Å². The molecule has 72 valence electrons. The molecule has 0 unspecified atom stereocenters. The standard InChI is InChI=1S/C10H10ClN3/c1-6-2-3-7(9(11)4-6)8-5-13-14-10(8)12/h2-5H,1H3,(H3,12,13,14). The normalized spacial score (nSPS) is 10.4. The van der Waals surface area contributed by atoms with E-state index in [-0.39, 0.29) is 0 Å². The molecular formula is C10H10ClN3. The second-order valence-corrected chi connectivity index (χ2v) is 3.59. The van der Waals surface area contributed by atoms with Crippen molar-refractivity contribution in [2.45, 2.75) is 6.92 Å². The zero-order chi connectivity index (χ0) is 10.1. The van der Waals surface area contributed by atoms with Gasteiger partial charge in [-0.25, -0.2) is 0 Å². The number of anilines is 1. The largest absolute Gasteiger partial charge is 0.384 e. The Hall–Kier alpha value is -1.48. The van der Waals surface area contributed by atoms with Crippen LogP contribution in [0, 0.1) is 6.92 Å². The number of hydrogen-bond donors (Lipinski definition) is 2. The lowest BCUT2D eigenvalue weighted by Crippen LogP contribution is -1.88. The summed E-state index contributed by atoms with van der Waals surface area (Å²) in [7, 11) is 0. The third-order valence-corrected chi connectivity index (χ3v) is 2.40. The molecule has 1 aromatic carbocycles. The summed E-state index contributed by atoms with van der Waals surface area (Å²) in [6.07, 6.45) is 1.67. The predicted molar refractivity (Wildman–Crippen MR) is 58.2 cm³/mol. The maximum Gasteiger partial charge on any atom is 0.126 e. The number of halogens is 1. The van der Waals surface area contributed by atoms with Crippen LogP contribution in [0.4, 0.5) is 5.82 Å². The molecule has 0 saturated heterocycles. The number of aromatic nitrogens is 2. The van der Waals surface area contributed by atoms with E-state index >= 15 is 0 Å². The summed E-state index contributed by atoms with van der Waals surface area (Å²) in [5, 5.41) is 7.22. The first-order valence-corrected chi connectivity index (χ1v) is 4.61. The van der Waals surface area contributed by atoms with Gasteiger partial charge in [0.15, 0.2) is 0 Å². The lowest BCUT2D eigenvalue weighted by molar-refractivity contribution is 1.10. The van der Waals surface area contributed by atoms with Crippen LogP contribution in [0.3, 0.4) is 0 Å². The van der Waals surface area contributed by atoms with E-state index in [0.29, 0.717) is 10.8 Å². The molecule has 0 radical (unpaired) electrons. The number of nitrogens with one attached hydrogen (secondary N) is 1. The molecule has 3 N–H and O–H groups in total. The van der Waals surface area contributed by atoms with Gasteiger partial charge in [-0.15, -0.1) is 0 Å². The maximum absolute atomic E-state index is 6.10. The van der Waals surface area contributed by atoms with Crippen molar-refractivity contribution < 1.29 is 0 Å². The highest BCUT2D eigenvalue weighted by Crippen LogP contribution is 2.31. The zero-order valence-electron chi connectivity index (χ0n) is 7.71. The van der Waals surface area contributed by atoms with Gasteiger partial charge in [-0.05, 0) is 18.6 Å². The zero-order valence-corrected chi connectivity index (χ0v) is 8.47. The molecule has 0 spiro atoms. The fourth-order valence-electron chi connectivity index (χ4n) is 1.35. The van der Waals surface area contributed by atoms with Crippen molar-refractivity contribution in [1.29, 1.82) is 0 Å². The van der Waals surface area contributed by atoms with Crippen LogP contribution in [0.1, 0.15) is 5.56 Å². The quantitative estimate of drug-likeness (QED) is 0.755. The minimum Gasteiger partial charge on any atom is -0.384 e. The molecule has 0 aliphatic rings. The van der Waals surface area contributed by atoms with Gasteiger partial charge in [0, 0.05) is 16.1 Å². The molecule has 0 atom stereocenters. The van der Waals surface area contributed by atoms with Gasteiger partial charge in [0.1, 0.15) is 5.82 Å². The van der Waals surface area contributed by atoms with Gasteiger partial charge in [0.2, 0.25) is 0 Å². The Morgan fingerprint density at radius 2 is 2.14 bits per heavy atom. The molecule has 2 aromatic rings. The topological polar surface area (TPSA) is 54.7 Å². The number of nitrogen functional groups attached to an aromatic ring is 1. The average Bonchev–Trinajstić information content (AvgIpc) is 2.52. The SMILES string of the molecule is Cc1ccc(-c2cn[nH]c2N)c(Cl)c1. The number of rotatable bonds is 1. The molecule has 3 nitrogen and oxygen atoms in total. The predicted octanol–water partition coefficient (Wildman–Crippen LogP) is 2.62. The highest BCUT2D eigenvalue weighted by molar-refractivity contribution is 6.33. The fourth-order valence-corrected chi connectivity index (χ4v) is 1.69. The molecule has 2 rings (SSSR count). The molecular weight excluding hydrogens is 198 g/mol. The molecule has 1 aromatic heterocycles. The second-order valence-electron chi connectivity index (χ2n) is 3.18. The molecule has 0 fully saturated rings. The maximum atomic E-state index is 6.10. The van der Waals surface area contributed by atoms with Gasteiger partial charge in [-0.2, -0.15) is 5.10 Å². The van der Waals surface area contributed by atoms with Crippen LogP contribution in [-0.2, 0) is 0 Å². The van der Waals surface area contributed by atoms with E-state index < -0.39 is 0 Å². The van der Waals surface area contributed by atoms with E-state index in [9.17, 15) is 0 Å². The van der Waals surface area contributed by atoms with Gasteiger partial charge in [0.25, 0.3) is 0 Å². The van der Waals surface area contributed by atoms with Crippen LogP contribution in [0.15, 0.2) is 24.4 Å². The first-order valence-electron chi connectivity index (χ1n) is 4.24. The van der Waals surface area contributed by atoms with E-state index in [4.69, 9.17) is 17.3 Å². The summed E-state index contributed by atoms with van der Waals surface area (Å²) in [4.78, 5) is 0. The number of nitrogens with zero attached hydrogens (tertiary/aromatic N) is 1. The van der Waals surface area contributed by atoms with Gasteiger partial charge < -0.3 is 5.73 Å². The number of hydrogen-bond acceptors (Lipinski definition) is 2. The lowest BCUT2D eigenvalue weighted by atomic mass is 10.1. The Labute approximate surface area is 86.9 Å². The van der Waals surface area contributed by atoms with Gasteiger partial charge in [-0.3, -0.25) is 5.10 Å². The summed E-state index contributed by atoms with van der Waals surface area (Å²) in [6, 6.07) is 5.84. The van der Waals surface area contributed by atoms with E-state index in [2.05, 4.69) is 10.2 Å². The van der Waals surface area contributed by atoms with Crippen molar-refractivity contribution >= 4 is 17.4 Å². The lowest BCUT2D eigenvalue weighted by Gasteiger charge is -2.03.